The minimum Gasteiger partial charge on any atom is -0.271 e. The molecule has 0 saturated heterocycles. The third-order valence-electron chi connectivity index (χ3n) is 3.09. The number of rotatable bonds is 3. The number of nitrogens with two attached hydrogens (primary N) is 1. The van der Waals surface area contributed by atoms with E-state index in [-0.39, 0.29) is 5.82 Å². The molecule has 0 aliphatic heterocycles. The molecule has 0 aliphatic carbocycles. The first-order valence-corrected chi connectivity index (χ1v) is 7.19. The van der Waals surface area contributed by atoms with Gasteiger partial charge in [-0.15, -0.1) is 11.3 Å². The van der Waals surface area contributed by atoms with Crippen molar-refractivity contribution in [1.29, 1.82) is 0 Å². The van der Waals surface area contributed by atoms with Crippen molar-refractivity contribution in [2.75, 3.05) is 0 Å². The van der Waals surface area contributed by atoms with E-state index in [1.54, 1.807) is 17.5 Å². The number of halogens is 2. The van der Waals surface area contributed by atoms with Gasteiger partial charge in [0.05, 0.1) is 16.3 Å². The second kappa shape index (κ2) is 5.46. The van der Waals surface area contributed by atoms with Crippen molar-refractivity contribution in [2.24, 2.45) is 5.84 Å². The average molecular weight is 308 g/mol. The molecular formula is C14H11ClFN3S. The summed E-state index contributed by atoms with van der Waals surface area (Å²) in [5, 5.41) is 2.43. The number of hydrogen-bond donors (Lipinski definition) is 2. The van der Waals surface area contributed by atoms with Gasteiger partial charge in [-0.1, -0.05) is 11.6 Å². The van der Waals surface area contributed by atoms with E-state index in [1.807, 2.05) is 17.5 Å². The molecule has 2 heterocycles. The molecule has 0 fully saturated rings. The molecule has 0 saturated carbocycles. The van der Waals surface area contributed by atoms with Gasteiger partial charge in [-0.05, 0) is 46.8 Å². The van der Waals surface area contributed by atoms with E-state index in [4.69, 9.17) is 17.4 Å². The van der Waals surface area contributed by atoms with Gasteiger partial charge in [0.25, 0.3) is 0 Å². The molecule has 0 radical (unpaired) electrons. The van der Waals surface area contributed by atoms with Crippen LogP contribution in [0.1, 0.15) is 17.2 Å². The molecule has 3 nitrogen and oxygen atoms in total. The molecule has 1 aromatic carbocycles. The highest BCUT2D eigenvalue weighted by Crippen LogP contribution is 2.30. The number of nitrogens with one attached hydrogen (secondary N) is 1. The molecule has 1 atom stereocenters. The summed E-state index contributed by atoms with van der Waals surface area (Å²) in [5.74, 6) is 5.27. The second-order valence-electron chi connectivity index (χ2n) is 4.34. The van der Waals surface area contributed by atoms with Crippen LogP contribution < -0.4 is 11.3 Å². The Morgan fingerprint density at radius 3 is 2.95 bits per heavy atom. The molecule has 0 amide bonds. The number of pyridine rings is 1. The van der Waals surface area contributed by atoms with Crippen LogP contribution in [-0.2, 0) is 0 Å². The lowest BCUT2D eigenvalue weighted by Crippen LogP contribution is -2.29. The summed E-state index contributed by atoms with van der Waals surface area (Å²) < 4.78 is 14.5. The Hall–Kier alpha value is -1.53. The molecule has 2 aromatic heterocycles. The minimum absolute atomic E-state index is 0.352. The Kier molecular flexibility index (Phi) is 3.67. The van der Waals surface area contributed by atoms with Crippen molar-refractivity contribution in [3.05, 3.63) is 63.9 Å². The van der Waals surface area contributed by atoms with E-state index in [1.165, 1.54) is 18.2 Å². The van der Waals surface area contributed by atoms with E-state index in [0.29, 0.717) is 10.6 Å². The standard InChI is InChI=1S/C14H11ClFN3S/c15-11-2-1-9(16)6-10(11)14(19-17)8-5-13-12(18-7-8)3-4-20-13/h1-7,14,19H,17H2. The fourth-order valence-corrected chi connectivity index (χ4v) is 3.14. The van der Waals surface area contributed by atoms with Gasteiger partial charge in [0.2, 0.25) is 0 Å². The van der Waals surface area contributed by atoms with Gasteiger partial charge in [0.1, 0.15) is 5.82 Å². The van der Waals surface area contributed by atoms with E-state index in [9.17, 15) is 4.39 Å². The highest BCUT2D eigenvalue weighted by atomic mass is 35.5. The number of hydrogen-bond acceptors (Lipinski definition) is 4. The van der Waals surface area contributed by atoms with Crippen LogP contribution in [0.2, 0.25) is 5.02 Å². The van der Waals surface area contributed by atoms with Gasteiger partial charge in [-0.25, -0.2) is 9.82 Å². The van der Waals surface area contributed by atoms with Crippen LogP contribution in [0.5, 0.6) is 0 Å². The predicted molar refractivity (Wildman–Crippen MR) is 80.2 cm³/mol. The maximum atomic E-state index is 13.4. The number of nitrogens with zero attached hydrogens (tertiary/aromatic N) is 1. The third-order valence-corrected chi connectivity index (χ3v) is 4.29. The first-order chi connectivity index (χ1) is 9.69. The Morgan fingerprint density at radius 2 is 2.15 bits per heavy atom. The van der Waals surface area contributed by atoms with Crippen LogP contribution in [0, 0.1) is 5.82 Å². The molecule has 0 aliphatic rings. The normalized spacial score (nSPS) is 12.8. The lowest BCUT2D eigenvalue weighted by atomic mass is 10.0. The van der Waals surface area contributed by atoms with Gasteiger partial charge in [-0.3, -0.25) is 10.8 Å². The van der Waals surface area contributed by atoms with Crippen LogP contribution in [-0.4, -0.2) is 4.98 Å². The Labute approximate surface area is 124 Å². The Balaban J connectivity index is 2.10. The quantitative estimate of drug-likeness (QED) is 0.574. The molecule has 3 N–H and O–H groups in total. The van der Waals surface area contributed by atoms with Crippen molar-refractivity contribution < 1.29 is 4.39 Å². The highest BCUT2D eigenvalue weighted by molar-refractivity contribution is 7.17. The van der Waals surface area contributed by atoms with Crippen molar-refractivity contribution >= 4 is 33.2 Å². The first kappa shape index (κ1) is 13.5. The van der Waals surface area contributed by atoms with Gasteiger partial charge in [0, 0.05) is 11.2 Å². The topological polar surface area (TPSA) is 50.9 Å². The molecule has 1 unspecified atom stereocenters. The molecule has 0 bridgehead atoms. The molecule has 20 heavy (non-hydrogen) atoms. The smallest absolute Gasteiger partial charge is 0.123 e. The largest absolute Gasteiger partial charge is 0.271 e. The zero-order chi connectivity index (χ0) is 14.1. The summed E-state index contributed by atoms with van der Waals surface area (Å²) in [4.78, 5) is 4.37. The summed E-state index contributed by atoms with van der Waals surface area (Å²) in [7, 11) is 0. The van der Waals surface area contributed by atoms with Crippen LogP contribution in [0.15, 0.2) is 41.9 Å². The summed E-state index contributed by atoms with van der Waals surface area (Å²) in [5.41, 5.74) is 5.04. The van der Waals surface area contributed by atoms with Gasteiger partial charge in [-0.2, -0.15) is 0 Å². The molecule has 3 aromatic rings. The fraction of sp³-hybridized carbons (Fsp3) is 0.0714. The average Bonchev–Trinajstić information content (AvgIpc) is 2.91. The first-order valence-electron chi connectivity index (χ1n) is 5.93. The second-order valence-corrected chi connectivity index (χ2v) is 5.69. The van der Waals surface area contributed by atoms with Crippen molar-refractivity contribution in [3.8, 4) is 0 Å². The van der Waals surface area contributed by atoms with Crippen molar-refractivity contribution in [1.82, 2.24) is 10.4 Å². The summed E-state index contributed by atoms with van der Waals surface area (Å²) >= 11 is 7.73. The van der Waals surface area contributed by atoms with Gasteiger partial charge < -0.3 is 0 Å². The van der Waals surface area contributed by atoms with Crippen LogP contribution in [0.4, 0.5) is 4.39 Å². The molecule has 3 rings (SSSR count). The minimum atomic E-state index is -0.405. The lowest BCUT2D eigenvalue weighted by molar-refractivity contribution is 0.605. The maximum absolute atomic E-state index is 13.4. The molecule has 6 heteroatoms. The van der Waals surface area contributed by atoms with Crippen molar-refractivity contribution in [2.45, 2.75) is 6.04 Å². The van der Waals surface area contributed by atoms with Gasteiger partial charge in [0.15, 0.2) is 0 Å². The highest BCUT2D eigenvalue weighted by Gasteiger charge is 2.17. The van der Waals surface area contributed by atoms with Crippen molar-refractivity contribution in [3.63, 3.8) is 0 Å². The zero-order valence-corrected chi connectivity index (χ0v) is 11.9. The van der Waals surface area contributed by atoms with Crippen LogP contribution >= 0.6 is 22.9 Å². The van der Waals surface area contributed by atoms with E-state index in [2.05, 4.69) is 10.4 Å². The SMILES string of the molecule is NNC(c1cnc2ccsc2c1)c1cc(F)ccc1Cl. The summed E-state index contributed by atoms with van der Waals surface area (Å²) in [6.07, 6.45) is 1.72. The van der Waals surface area contributed by atoms with E-state index in [0.717, 1.165) is 15.8 Å². The molecule has 102 valence electrons. The van der Waals surface area contributed by atoms with Crippen LogP contribution in [0.3, 0.4) is 0 Å². The Morgan fingerprint density at radius 1 is 1.30 bits per heavy atom. The fourth-order valence-electron chi connectivity index (χ4n) is 2.12. The lowest BCUT2D eigenvalue weighted by Gasteiger charge is -2.18. The Bertz CT molecular complexity index is 759. The maximum Gasteiger partial charge on any atom is 0.123 e. The zero-order valence-electron chi connectivity index (χ0n) is 10.3. The summed E-state index contributed by atoms with van der Waals surface area (Å²) in [6, 6.07) is 7.75. The summed E-state index contributed by atoms with van der Waals surface area (Å²) in [6.45, 7) is 0. The van der Waals surface area contributed by atoms with Crippen LogP contribution in [0.25, 0.3) is 10.2 Å². The van der Waals surface area contributed by atoms with E-state index >= 15 is 0 Å². The number of benzene rings is 1. The van der Waals surface area contributed by atoms with E-state index < -0.39 is 6.04 Å². The molecular weight excluding hydrogens is 297 g/mol. The monoisotopic (exact) mass is 307 g/mol. The number of thiophene rings is 1. The third kappa shape index (κ3) is 2.41. The number of hydrazine groups is 1. The predicted octanol–water partition coefficient (Wildman–Crippen LogP) is 3.64. The van der Waals surface area contributed by atoms with Gasteiger partial charge >= 0.3 is 0 Å². The number of aromatic nitrogens is 1. The number of fused-ring (bicyclic) bond motifs is 1. The molecule has 0 spiro atoms.